The minimum atomic E-state index is -0.959. The zero-order valence-electron chi connectivity index (χ0n) is 8.62. The van der Waals surface area contributed by atoms with Crippen molar-refractivity contribution in [3.05, 3.63) is 0 Å². The Morgan fingerprint density at radius 3 is 2.38 bits per heavy atom. The van der Waals surface area contributed by atoms with Gasteiger partial charge in [-0.2, -0.15) is 0 Å². The number of ether oxygens (including phenoxy) is 1. The summed E-state index contributed by atoms with van der Waals surface area (Å²) in [6, 6.07) is 0. The van der Waals surface area contributed by atoms with Crippen molar-refractivity contribution in [2.45, 2.75) is 25.4 Å². The summed E-state index contributed by atoms with van der Waals surface area (Å²) in [7, 11) is 1.56. The minimum absolute atomic E-state index is 0.0300. The summed E-state index contributed by atoms with van der Waals surface area (Å²) in [6.45, 7) is 2.96. The average molecular weight is 190 g/mol. The first-order valence-corrected chi connectivity index (χ1v) is 4.76. The maximum atomic E-state index is 10.1. The molecule has 0 spiro atoms. The van der Waals surface area contributed by atoms with Crippen LogP contribution in [0.3, 0.4) is 0 Å². The van der Waals surface area contributed by atoms with Crippen LogP contribution in [0.15, 0.2) is 0 Å². The van der Waals surface area contributed by atoms with Gasteiger partial charge in [0.05, 0.1) is 6.61 Å². The molecule has 0 saturated carbocycles. The average Bonchev–Trinajstić information content (AvgIpc) is 2.14. The Hall–Kier alpha value is -0.160. The van der Waals surface area contributed by atoms with Crippen molar-refractivity contribution in [1.29, 1.82) is 0 Å². The highest BCUT2D eigenvalue weighted by Crippen LogP contribution is 2.20. The van der Waals surface area contributed by atoms with E-state index in [1.807, 2.05) is 0 Å². The van der Waals surface area contributed by atoms with E-state index in [9.17, 15) is 5.11 Å². The van der Waals surface area contributed by atoms with Crippen molar-refractivity contribution in [3.8, 4) is 0 Å². The number of hydrogen-bond acceptors (Lipinski definition) is 4. The molecule has 2 atom stereocenters. The van der Waals surface area contributed by atoms with E-state index >= 15 is 0 Å². The summed E-state index contributed by atoms with van der Waals surface area (Å²) in [6.07, 6.45) is 1.88. The molecule has 5 N–H and O–H groups in total. The molecule has 0 aliphatic heterocycles. The summed E-state index contributed by atoms with van der Waals surface area (Å²) >= 11 is 0. The summed E-state index contributed by atoms with van der Waals surface area (Å²) in [4.78, 5) is 0. The van der Waals surface area contributed by atoms with E-state index < -0.39 is 5.60 Å². The molecular weight excluding hydrogens is 168 g/mol. The molecule has 80 valence electrons. The van der Waals surface area contributed by atoms with Gasteiger partial charge in [-0.15, -0.1) is 0 Å². The standard InChI is InChI=1S/C9H22N2O2/c1-3-4-8(5-10)9(12,6-11)7-13-2/h8,12H,3-7,10-11H2,1-2H3. The van der Waals surface area contributed by atoms with E-state index in [1.165, 1.54) is 0 Å². The molecule has 4 nitrogen and oxygen atoms in total. The maximum absolute atomic E-state index is 10.1. The summed E-state index contributed by atoms with van der Waals surface area (Å²) in [5, 5.41) is 10.1. The van der Waals surface area contributed by atoms with Crippen molar-refractivity contribution < 1.29 is 9.84 Å². The fourth-order valence-electron chi connectivity index (χ4n) is 1.55. The smallest absolute Gasteiger partial charge is 0.104 e. The molecule has 0 fully saturated rings. The van der Waals surface area contributed by atoms with Crippen molar-refractivity contribution >= 4 is 0 Å². The number of hydrogen-bond donors (Lipinski definition) is 3. The number of methoxy groups -OCH3 is 1. The lowest BCUT2D eigenvalue weighted by Gasteiger charge is -2.33. The molecule has 0 aromatic carbocycles. The fraction of sp³-hybridized carbons (Fsp3) is 1.00. The molecule has 0 amide bonds. The molecule has 0 aliphatic rings. The molecule has 0 radical (unpaired) electrons. The van der Waals surface area contributed by atoms with E-state index in [2.05, 4.69) is 6.92 Å². The molecule has 0 aromatic heterocycles. The Balaban J connectivity index is 4.29. The molecule has 0 saturated heterocycles. The second-order valence-corrected chi connectivity index (χ2v) is 3.46. The highest BCUT2D eigenvalue weighted by atomic mass is 16.5. The largest absolute Gasteiger partial charge is 0.386 e. The van der Waals surface area contributed by atoms with Crippen LogP contribution in [0.25, 0.3) is 0 Å². The summed E-state index contributed by atoms with van der Waals surface area (Å²) in [5.41, 5.74) is 10.1. The first-order valence-electron chi connectivity index (χ1n) is 4.76. The number of nitrogens with two attached hydrogens (primary N) is 2. The summed E-state index contributed by atoms with van der Waals surface area (Å²) < 4.78 is 4.94. The predicted molar refractivity (Wildman–Crippen MR) is 53.3 cm³/mol. The van der Waals surface area contributed by atoms with E-state index in [0.29, 0.717) is 6.54 Å². The fourth-order valence-corrected chi connectivity index (χ4v) is 1.55. The first kappa shape index (κ1) is 12.8. The molecule has 2 unspecified atom stereocenters. The van der Waals surface area contributed by atoms with Crippen LogP contribution < -0.4 is 11.5 Å². The minimum Gasteiger partial charge on any atom is -0.386 e. The second-order valence-electron chi connectivity index (χ2n) is 3.46. The Morgan fingerprint density at radius 2 is 2.08 bits per heavy atom. The third-order valence-electron chi connectivity index (χ3n) is 2.43. The molecule has 0 aliphatic carbocycles. The van der Waals surface area contributed by atoms with Gasteiger partial charge in [0, 0.05) is 19.6 Å². The molecule has 0 aromatic rings. The Kier molecular flexibility index (Phi) is 6.24. The number of rotatable bonds is 7. The second kappa shape index (κ2) is 6.32. The van der Waals surface area contributed by atoms with Gasteiger partial charge in [-0.3, -0.25) is 0 Å². The Bertz CT molecular complexity index is 133. The third-order valence-corrected chi connectivity index (χ3v) is 2.43. The Labute approximate surface area is 80.2 Å². The maximum Gasteiger partial charge on any atom is 0.104 e. The Morgan fingerprint density at radius 1 is 1.46 bits per heavy atom. The number of aliphatic hydroxyl groups is 1. The van der Waals surface area contributed by atoms with E-state index in [4.69, 9.17) is 16.2 Å². The van der Waals surface area contributed by atoms with Crippen LogP contribution >= 0.6 is 0 Å². The zero-order valence-corrected chi connectivity index (χ0v) is 8.62. The SMILES string of the molecule is CCCC(CN)C(O)(CN)COC. The quantitative estimate of drug-likeness (QED) is 0.514. The first-order chi connectivity index (χ1) is 6.14. The lowest BCUT2D eigenvalue weighted by Crippen LogP contribution is -2.51. The van der Waals surface area contributed by atoms with Crippen molar-refractivity contribution in [2.24, 2.45) is 17.4 Å². The van der Waals surface area contributed by atoms with Crippen molar-refractivity contribution in [1.82, 2.24) is 0 Å². The van der Waals surface area contributed by atoms with Crippen LogP contribution in [-0.2, 0) is 4.74 Å². The topological polar surface area (TPSA) is 81.5 Å². The highest BCUT2D eigenvalue weighted by molar-refractivity contribution is 4.87. The van der Waals surface area contributed by atoms with Crippen LogP contribution in [0.5, 0.6) is 0 Å². The molecule has 0 rings (SSSR count). The monoisotopic (exact) mass is 190 g/mol. The molecule has 0 bridgehead atoms. The van der Waals surface area contributed by atoms with E-state index in [1.54, 1.807) is 7.11 Å². The van der Waals surface area contributed by atoms with Gasteiger partial charge in [-0.05, 0) is 13.0 Å². The molecule has 0 heterocycles. The van der Waals surface area contributed by atoms with Gasteiger partial charge in [0.15, 0.2) is 0 Å². The van der Waals surface area contributed by atoms with Crippen molar-refractivity contribution in [2.75, 3.05) is 26.8 Å². The van der Waals surface area contributed by atoms with Gasteiger partial charge in [0.1, 0.15) is 5.60 Å². The highest BCUT2D eigenvalue weighted by Gasteiger charge is 2.33. The lowest BCUT2D eigenvalue weighted by molar-refractivity contribution is -0.0667. The van der Waals surface area contributed by atoms with E-state index in [0.717, 1.165) is 12.8 Å². The van der Waals surface area contributed by atoms with Crippen LogP contribution in [0.2, 0.25) is 0 Å². The van der Waals surface area contributed by atoms with Crippen LogP contribution in [-0.4, -0.2) is 37.5 Å². The molecular formula is C9H22N2O2. The van der Waals surface area contributed by atoms with Gasteiger partial charge in [-0.1, -0.05) is 13.3 Å². The molecule has 4 heteroatoms. The summed E-state index contributed by atoms with van der Waals surface area (Å²) in [5.74, 6) is 0.0300. The predicted octanol–water partition coefficient (Wildman–Crippen LogP) is -0.302. The normalized spacial score (nSPS) is 18.2. The van der Waals surface area contributed by atoms with Gasteiger partial charge in [-0.25, -0.2) is 0 Å². The van der Waals surface area contributed by atoms with Crippen LogP contribution in [0, 0.1) is 5.92 Å². The lowest BCUT2D eigenvalue weighted by atomic mass is 9.84. The van der Waals surface area contributed by atoms with Gasteiger partial charge < -0.3 is 21.3 Å². The van der Waals surface area contributed by atoms with Gasteiger partial charge in [0.25, 0.3) is 0 Å². The van der Waals surface area contributed by atoms with Crippen LogP contribution in [0.1, 0.15) is 19.8 Å². The van der Waals surface area contributed by atoms with Crippen molar-refractivity contribution in [3.63, 3.8) is 0 Å². The third kappa shape index (κ3) is 3.60. The van der Waals surface area contributed by atoms with Gasteiger partial charge in [0.2, 0.25) is 0 Å². The van der Waals surface area contributed by atoms with Crippen LogP contribution in [0.4, 0.5) is 0 Å². The molecule has 13 heavy (non-hydrogen) atoms. The van der Waals surface area contributed by atoms with E-state index in [-0.39, 0.29) is 19.1 Å². The van der Waals surface area contributed by atoms with Gasteiger partial charge >= 0.3 is 0 Å². The zero-order chi connectivity index (χ0) is 10.3.